The number of benzene rings is 1. The average molecular weight is 451 g/mol. The number of H-pyrrole nitrogens is 1. The molecule has 32 heavy (non-hydrogen) atoms. The van der Waals surface area contributed by atoms with Crippen molar-refractivity contribution < 1.29 is 4.79 Å². The monoisotopic (exact) mass is 450 g/mol. The third-order valence-electron chi connectivity index (χ3n) is 6.95. The van der Waals surface area contributed by atoms with Crippen LogP contribution in [-0.4, -0.2) is 35.0 Å². The Balaban J connectivity index is 1.35. The van der Waals surface area contributed by atoms with E-state index in [4.69, 9.17) is 4.98 Å². The Kier molecular flexibility index (Phi) is 6.00. The number of piperidine rings is 1. The second kappa shape index (κ2) is 9.06. The standard InChI is InChI=1S/C25H30N4O2S/c1-16-9-11-19(12-10-16)26-23(30)18-8-5-13-29(14-18)25-27-21-20(17-6-3-2-4-7-17)15-32-22(21)24(31)28-25/h2-4,6-7,15-16,18-19H,5,8-14H2,1H3,(H,26,30)(H,27,28,31). The highest BCUT2D eigenvalue weighted by Crippen LogP contribution is 2.32. The number of rotatable bonds is 4. The summed E-state index contributed by atoms with van der Waals surface area (Å²) in [6.07, 6.45) is 6.33. The van der Waals surface area contributed by atoms with E-state index < -0.39 is 0 Å². The predicted octanol–water partition coefficient (Wildman–Crippen LogP) is 4.56. The van der Waals surface area contributed by atoms with Crippen LogP contribution >= 0.6 is 11.3 Å². The minimum absolute atomic E-state index is 0.0693. The maximum Gasteiger partial charge on any atom is 0.270 e. The number of amides is 1. The van der Waals surface area contributed by atoms with Crippen molar-refractivity contribution in [2.75, 3.05) is 18.0 Å². The third kappa shape index (κ3) is 4.31. The molecule has 2 N–H and O–H groups in total. The van der Waals surface area contributed by atoms with E-state index in [1.54, 1.807) is 0 Å². The van der Waals surface area contributed by atoms with Gasteiger partial charge in [0.1, 0.15) is 4.70 Å². The number of aromatic amines is 1. The van der Waals surface area contributed by atoms with Gasteiger partial charge in [-0.1, -0.05) is 37.3 Å². The lowest BCUT2D eigenvalue weighted by atomic mass is 9.87. The number of fused-ring (bicyclic) bond motifs is 1. The first-order valence-electron chi connectivity index (χ1n) is 11.7. The van der Waals surface area contributed by atoms with Crippen molar-refractivity contribution in [2.24, 2.45) is 11.8 Å². The van der Waals surface area contributed by atoms with E-state index in [-0.39, 0.29) is 17.4 Å². The van der Waals surface area contributed by atoms with Gasteiger partial charge in [-0.05, 0) is 50.0 Å². The summed E-state index contributed by atoms with van der Waals surface area (Å²) in [5.41, 5.74) is 2.67. The normalized spacial score (nSPS) is 23.9. The number of hydrogen-bond donors (Lipinski definition) is 2. The SMILES string of the molecule is CC1CCC(NC(=O)C2CCCN(c3nc4c(-c5ccccc5)csc4c(=O)[nH]3)C2)CC1. The summed E-state index contributed by atoms with van der Waals surface area (Å²) >= 11 is 1.43. The molecule has 168 valence electrons. The Hall–Kier alpha value is -2.67. The Morgan fingerprint density at radius 3 is 2.72 bits per heavy atom. The van der Waals surface area contributed by atoms with Crippen molar-refractivity contribution >= 4 is 33.4 Å². The van der Waals surface area contributed by atoms with Crippen LogP contribution in [0.25, 0.3) is 21.3 Å². The molecule has 2 fully saturated rings. The topological polar surface area (TPSA) is 78.1 Å². The van der Waals surface area contributed by atoms with Gasteiger partial charge in [0.2, 0.25) is 11.9 Å². The molecule has 2 aromatic heterocycles. The van der Waals surface area contributed by atoms with Crippen molar-refractivity contribution in [3.8, 4) is 11.1 Å². The minimum Gasteiger partial charge on any atom is -0.353 e. The van der Waals surface area contributed by atoms with Crippen LogP contribution in [0.15, 0.2) is 40.5 Å². The van der Waals surface area contributed by atoms with Gasteiger partial charge in [0.15, 0.2) is 0 Å². The lowest BCUT2D eigenvalue weighted by Crippen LogP contribution is -2.47. The lowest BCUT2D eigenvalue weighted by Gasteiger charge is -2.34. The van der Waals surface area contributed by atoms with Gasteiger partial charge in [-0.15, -0.1) is 11.3 Å². The smallest absolute Gasteiger partial charge is 0.270 e. The van der Waals surface area contributed by atoms with Gasteiger partial charge < -0.3 is 10.2 Å². The van der Waals surface area contributed by atoms with E-state index in [9.17, 15) is 9.59 Å². The van der Waals surface area contributed by atoms with Gasteiger partial charge in [0, 0.05) is 30.1 Å². The molecule has 7 heteroatoms. The van der Waals surface area contributed by atoms with Crippen molar-refractivity contribution in [2.45, 2.75) is 51.5 Å². The number of aromatic nitrogens is 2. The molecule has 3 heterocycles. The maximum atomic E-state index is 13.0. The number of carbonyl (C=O) groups excluding carboxylic acids is 1. The first-order chi connectivity index (χ1) is 15.6. The molecule has 1 aliphatic carbocycles. The fourth-order valence-corrected chi connectivity index (χ4v) is 5.90. The highest BCUT2D eigenvalue weighted by Gasteiger charge is 2.29. The highest BCUT2D eigenvalue weighted by molar-refractivity contribution is 7.17. The average Bonchev–Trinajstić information content (AvgIpc) is 3.26. The Labute approximate surface area is 192 Å². The van der Waals surface area contributed by atoms with Crippen molar-refractivity contribution in [1.29, 1.82) is 0 Å². The zero-order chi connectivity index (χ0) is 22.1. The molecular formula is C25H30N4O2S. The van der Waals surface area contributed by atoms with Crippen LogP contribution in [0.3, 0.4) is 0 Å². The van der Waals surface area contributed by atoms with Gasteiger partial charge in [-0.3, -0.25) is 14.6 Å². The predicted molar refractivity (Wildman–Crippen MR) is 130 cm³/mol. The zero-order valence-corrected chi connectivity index (χ0v) is 19.3. The second-order valence-electron chi connectivity index (χ2n) is 9.33. The third-order valence-corrected chi connectivity index (χ3v) is 7.92. The summed E-state index contributed by atoms with van der Waals surface area (Å²) < 4.78 is 0.644. The van der Waals surface area contributed by atoms with Crippen LogP contribution in [0.5, 0.6) is 0 Å². The van der Waals surface area contributed by atoms with Crippen LogP contribution in [-0.2, 0) is 4.79 Å². The number of nitrogens with one attached hydrogen (secondary N) is 2. The summed E-state index contributed by atoms with van der Waals surface area (Å²) in [6.45, 7) is 3.68. The van der Waals surface area contributed by atoms with Gasteiger partial charge in [-0.25, -0.2) is 4.98 Å². The molecule has 1 amide bonds. The van der Waals surface area contributed by atoms with Gasteiger partial charge >= 0.3 is 0 Å². The highest BCUT2D eigenvalue weighted by atomic mass is 32.1. The van der Waals surface area contributed by atoms with E-state index in [0.717, 1.165) is 54.8 Å². The Morgan fingerprint density at radius 2 is 1.94 bits per heavy atom. The zero-order valence-electron chi connectivity index (χ0n) is 18.5. The van der Waals surface area contributed by atoms with Crippen LogP contribution in [0.2, 0.25) is 0 Å². The van der Waals surface area contributed by atoms with Crippen LogP contribution in [0.1, 0.15) is 45.4 Å². The molecule has 5 rings (SSSR count). The molecule has 1 saturated heterocycles. The van der Waals surface area contributed by atoms with Crippen LogP contribution in [0, 0.1) is 11.8 Å². The van der Waals surface area contributed by atoms with Crippen LogP contribution < -0.4 is 15.8 Å². The quantitative estimate of drug-likeness (QED) is 0.611. The molecule has 6 nitrogen and oxygen atoms in total. The largest absolute Gasteiger partial charge is 0.353 e. The van der Waals surface area contributed by atoms with Crippen molar-refractivity contribution in [3.63, 3.8) is 0 Å². The molecule has 1 atom stereocenters. The summed E-state index contributed by atoms with van der Waals surface area (Å²) in [6, 6.07) is 10.4. The summed E-state index contributed by atoms with van der Waals surface area (Å²) in [5, 5.41) is 5.30. The summed E-state index contributed by atoms with van der Waals surface area (Å²) in [4.78, 5) is 35.7. The molecule has 0 bridgehead atoms. The fraction of sp³-hybridized carbons (Fsp3) is 0.480. The number of anilines is 1. The molecule has 3 aromatic rings. The number of nitrogens with zero attached hydrogens (tertiary/aromatic N) is 2. The Morgan fingerprint density at radius 1 is 1.16 bits per heavy atom. The van der Waals surface area contributed by atoms with Crippen molar-refractivity contribution in [1.82, 2.24) is 15.3 Å². The summed E-state index contributed by atoms with van der Waals surface area (Å²) in [7, 11) is 0. The molecule has 1 aromatic carbocycles. The van der Waals surface area contributed by atoms with Crippen LogP contribution in [0.4, 0.5) is 5.95 Å². The molecule has 0 radical (unpaired) electrons. The molecule has 1 saturated carbocycles. The first-order valence-corrected chi connectivity index (χ1v) is 12.6. The minimum atomic E-state index is -0.111. The molecule has 2 aliphatic rings. The van der Waals surface area contributed by atoms with Gasteiger partial charge in [0.05, 0.1) is 11.4 Å². The fourth-order valence-electron chi connectivity index (χ4n) is 5.00. The number of thiophene rings is 1. The molecule has 0 spiro atoms. The van der Waals surface area contributed by atoms with E-state index in [1.165, 1.54) is 24.2 Å². The van der Waals surface area contributed by atoms with E-state index in [1.807, 2.05) is 35.7 Å². The van der Waals surface area contributed by atoms with Crippen molar-refractivity contribution in [3.05, 3.63) is 46.1 Å². The molecule has 1 unspecified atom stereocenters. The lowest BCUT2D eigenvalue weighted by molar-refractivity contribution is -0.126. The second-order valence-corrected chi connectivity index (χ2v) is 10.2. The Bertz CT molecular complexity index is 1150. The number of hydrogen-bond acceptors (Lipinski definition) is 5. The first kappa shape index (κ1) is 21.2. The van der Waals surface area contributed by atoms with E-state index in [0.29, 0.717) is 23.2 Å². The number of carbonyl (C=O) groups is 1. The molecule has 1 aliphatic heterocycles. The summed E-state index contributed by atoms with van der Waals surface area (Å²) in [5.74, 6) is 1.42. The van der Waals surface area contributed by atoms with E-state index >= 15 is 0 Å². The van der Waals surface area contributed by atoms with Gasteiger partial charge in [-0.2, -0.15) is 0 Å². The van der Waals surface area contributed by atoms with E-state index in [2.05, 4.69) is 22.1 Å². The van der Waals surface area contributed by atoms with Gasteiger partial charge in [0.25, 0.3) is 5.56 Å². The maximum absolute atomic E-state index is 13.0. The molecular weight excluding hydrogens is 420 g/mol.